The maximum Gasteiger partial charge on any atom is 0.315 e. The summed E-state index contributed by atoms with van der Waals surface area (Å²) in [5.74, 6) is 0.251. The number of benzene rings is 1. The first-order valence-corrected chi connectivity index (χ1v) is 7.27. The smallest absolute Gasteiger partial charge is 0.315 e. The Labute approximate surface area is 126 Å². The molecule has 5 heteroatoms. The minimum absolute atomic E-state index is 0.190. The summed E-state index contributed by atoms with van der Waals surface area (Å²) in [6.45, 7) is 5.36. The van der Waals surface area contributed by atoms with Crippen molar-refractivity contribution in [3.05, 3.63) is 35.4 Å². The highest BCUT2D eigenvalue weighted by molar-refractivity contribution is 5.73. The average Bonchev–Trinajstić information content (AvgIpc) is 2.43. The first-order chi connectivity index (χ1) is 10.0. The van der Waals surface area contributed by atoms with Crippen LogP contribution in [0.5, 0.6) is 0 Å². The van der Waals surface area contributed by atoms with E-state index in [0.29, 0.717) is 26.1 Å². The molecule has 0 radical (unpaired) electrons. The Morgan fingerprint density at radius 2 is 2.00 bits per heavy atom. The number of carbonyl (C=O) groups excluding carboxylic acids is 1. The lowest BCUT2D eigenvalue weighted by molar-refractivity contribution is 0.163. The van der Waals surface area contributed by atoms with Gasteiger partial charge in [-0.25, -0.2) is 4.79 Å². The van der Waals surface area contributed by atoms with Crippen LogP contribution >= 0.6 is 0 Å². The minimum atomic E-state index is -0.339. The molecule has 0 aliphatic rings. The lowest BCUT2D eigenvalue weighted by Crippen LogP contribution is -2.37. The van der Waals surface area contributed by atoms with Crippen LogP contribution in [0.25, 0.3) is 0 Å². The summed E-state index contributed by atoms with van der Waals surface area (Å²) < 4.78 is 5.08. The lowest BCUT2D eigenvalue weighted by Gasteiger charge is -2.14. The van der Waals surface area contributed by atoms with Crippen LogP contribution < -0.4 is 10.6 Å². The lowest BCUT2D eigenvalue weighted by atomic mass is 10.1. The fraction of sp³-hybridized carbons (Fsp3) is 0.562. The molecule has 0 spiro atoms. The van der Waals surface area contributed by atoms with Crippen LogP contribution in [0.1, 0.15) is 31.4 Å². The van der Waals surface area contributed by atoms with Crippen molar-refractivity contribution in [2.24, 2.45) is 5.92 Å². The highest BCUT2D eigenvalue weighted by Gasteiger charge is 2.08. The zero-order chi connectivity index (χ0) is 15.7. The van der Waals surface area contributed by atoms with Gasteiger partial charge in [0.05, 0.1) is 12.7 Å². The van der Waals surface area contributed by atoms with Gasteiger partial charge in [-0.15, -0.1) is 0 Å². The van der Waals surface area contributed by atoms with E-state index in [2.05, 4.69) is 10.6 Å². The molecule has 0 fully saturated rings. The monoisotopic (exact) mass is 294 g/mol. The van der Waals surface area contributed by atoms with E-state index in [1.807, 2.05) is 31.2 Å². The number of ether oxygens (including phenoxy) is 1. The first-order valence-electron chi connectivity index (χ1n) is 7.27. The van der Waals surface area contributed by atoms with Gasteiger partial charge < -0.3 is 20.5 Å². The summed E-state index contributed by atoms with van der Waals surface area (Å²) in [5, 5.41) is 14.9. The summed E-state index contributed by atoms with van der Waals surface area (Å²) >= 11 is 0. The van der Waals surface area contributed by atoms with Crippen molar-refractivity contribution in [3.8, 4) is 0 Å². The van der Waals surface area contributed by atoms with E-state index in [1.54, 1.807) is 14.0 Å². The van der Waals surface area contributed by atoms with Gasteiger partial charge in [0.2, 0.25) is 0 Å². The molecule has 3 N–H and O–H groups in total. The van der Waals surface area contributed by atoms with E-state index in [0.717, 1.165) is 11.1 Å². The molecule has 21 heavy (non-hydrogen) atoms. The van der Waals surface area contributed by atoms with E-state index in [9.17, 15) is 9.90 Å². The van der Waals surface area contributed by atoms with Crippen molar-refractivity contribution < 1.29 is 14.6 Å². The Hall–Kier alpha value is -1.59. The molecule has 2 unspecified atom stereocenters. The standard InChI is InChI=1S/C16H26N2O3/c1-12(7-13(2)19)9-17-16(20)18-10-14-5-4-6-15(8-14)11-21-3/h4-6,8,12-13,19H,7,9-11H2,1-3H3,(H2,17,18,20). The summed E-state index contributed by atoms with van der Waals surface area (Å²) in [4.78, 5) is 11.7. The molecule has 118 valence electrons. The second-order valence-electron chi connectivity index (χ2n) is 5.51. The highest BCUT2D eigenvalue weighted by atomic mass is 16.5. The largest absolute Gasteiger partial charge is 0.393 e. The number of carbonyl (C=O) groups is 1. The van der Waals surface area contributed by atoms with Crippen LogP contribution in [-0.2, 0) is 17.9 Å². The van der Waals surface area contributed by atoms with Gasteiger partial charge in [0.1, 0.15) is 0 Å². The third kappa shape index (κ3) is 7.68. The van der Waals surface area contributed by atoms with Gasteiger partial charge in [-0.2, -0.15) is 0 Å². The molecular weight excluding hydrogens is 268 g/mol. The highest BCUT2D eigenvalue weighted by Crippen LogP contribution is 2.06. The molecular formula is C16H26N2O3. The molecule has 5 nitrogen and oxygen atoms in total. The number of rotatable bonds is 8. The van der Waals surface area contributed by atoms with Crippen LogP contribution in [0, 0.1) is 5.92 Å². The van der Waals surface area contributed by atoms with Crippen molar-refractivity contribution in [1.82, 2.24) is 10.6 Å². The van der Waals surface area contributed by atoms with Crippen molar-refractivity contribution in [2.45, 2.75) is 39.5 Å². The Kier molecular flexibility index (Phi) is 7.79. The maximum absolute atomic E-state index is 11.7. The van der Waals surface area contributed by atoms with E-state index in [4.69, 9.17) is 4.74 Å². The normalized spacial score (nSPS) is 13.5. The molecule has 1 aromatic carbocycles. The molecule has 1 rings (SSSR count). The van der Waals surface area contributed by atoms with Crippen LogP contribution in [0.15, 0.2) is 24.3 Å². The molecule has 0 aliphatic carbocycles. The van der Waals surface area contributed by atoms with Gasteiger partial charge >= 0.3 is 6.03 Å². The fourth-order valence-corrected chi connectivity index (χ4v) is 2.17. The van der Waals surface area contributed by atoms with Gasteiger partial charge in [0, 0.05) is 20.2 Å². The molecule has 0 aliphatic heterocycles. The number of aliphatic hydroxyl groups excluding tert-OH is 1. The van der Waals surface area contributed by atoms with Gasteiger partial charge in [-0.3, -0.25) is 0 Å². The third-order valence-electron chi connectivity index (χ3n) is 3.11. The summed E-state index contributed by atoms with van der Waals surface area (Å²) in [6, 6.07) is 7.73. The summed E-state index contributed by atoms with van der Waals surface area (Å²) in [5.41, 5.74) is 2.12. The molecule has 2 amide bonds. The Balaban J connectivity index is 2.31. The van der Waals surface area contributed by atoms with E-state index < -0.39 is 0 Å². The molecule has 0 heterocycles. The van der Waals surface area contributed by atoms with Crippen LogP contribution in [0.3, 0.4) is 0 Å². The topological polar surface area (TPSA) is 70.6 Å². The van der Waals surface area contributed by atoms with Crippen LogP contribution in [0.2, 0.25) is 0 Å². The Morgan fingerprint density at radius 3 is 2.67 bits per heavy atom. The van der Waals surface area contributed by atoms with E-state index in [-0.39, 0.29) is 18.1 Å². The Morgan fingerprint density at radius 1 is 1.29 bits per heavy atom. The van der Waals surface area contributed by atoms with Crippen molar-refractivity contribution in [3.63, 3.8) is 0 Å². The predicted octanol–water partition coefficient (Wildman–Crippen LogP) is 2.04. The number of hydrogen-bond acceptors (Lipinski definition) is 3. The van der Waals surface area contributed by atoms with Gasteiger partial charge in [0.15, 0.2) is 0 Å². The molecule has 2 atom stereocenters. The van der Waals surface area contributed by atoms with Gasteiger partial charge in [0.25, 0.3) is 0 Å². The molecule has 0 saturated carbocycles. The zero-order valence-corrected chi connectivity index (χ0v) is 13.1. The maximum atomic E-state index is 11.7. The SMILES string of the molecule is COCc1cccc(CNC(=O)NCC(C)CC(C)O)c1. The average molecular weight is 294 g/mol. The van der Waals surface area contributed by atoms with E-state index >= 15 is 0 Å². The molecule has 0 saturated heterocycles. The molecule has 0 bridgehead atoms. The quantitative estimate of drug-likeness (QED) is 0.687. The Bertz CT molecular complexity index is 435. The summed E-state index contributed by atoms with van der Waals surface area (Å²) in [6.07, 6.45) is 0.340. The van der Waals surface area contributed by atoms with Crippen LogP contribution in [-0.4, -0.2) is 30.9 Å². The fourth-order valence-electron chi connectivity index (χ4n) is 2.17. The third-order valence-corrected chi connectivity index (χ3v) is 3.11. The molecule has 1 aromatic rings. The number of hydrogen-bond donors (Lipinski definition) is 3. The minimum Gasteiger partial charge on any atom is -0.393 e. The number of amides is 2. The number of methoxy groups -OCH3 is 1. The number of nitrogens with one attached hydrogen (secondary N) is 2. The second kappa shape index (κ2) is 9.37. The molecule has 0 aromatic heterocycles. The van der Waals surface area contributed by atoms with Gasteiger partial charge in [-0.1, -0.05) is 31.2 Å². The predicted molar refractivity (Wildman–Crippen MR) is 82.9 cm³/mol. The first kappa shape index (κ1) is 17.5. The number of aliphatic hydroxyl groups is 1. The van der Waals surface area contributed by atoms with Crippen molar-refractivity contribution in [1.29, 1.82) is 0 Å². The van der Waals surface area contributed by atoms with Crippen LogP contribution in [0.4, 0.5) is 4.79 Å². The van der Waals surface area contributed by atoms with Crippen molar-refractivity contribution in [2.75, 3.05) is 13.7 Å². The summed E-state index contributed by atoms with van der Waals surface area (Å²) in [7, 11) is 1.66. The van der Waals surface area contributed by atoms with E-state index in [1.165, 1.54) is 0 Å². The van der Waals surface area contributed by atoms with Crippen molar-refractivity contribution >= 4 is 6.03 Å². The second-order valence-corrected chi connectivity index (χ2v) is 5.51. The van der Waals surface area contributed by atoms with Gasteiger partial charge in [-0.05, 0) is 30.4 Å². The zero-order valence-electron chi connectivity index (χ0n) is 13.1. The number of urea groups is 1.